The number of fused-ring (bicyclic) bond motifs is 1. The second-order valence-corrected chi connectivity index (χ2v) is 9.18. The minimum atomic E-state index is -0.888. The minimum Gasteiger partial charge on any atom is -0.493 e. The molecule has 4 rings (SSSR count). The minimum absolute atomic E-state index is 0.0216. The summed E-state index contributed by atoms with van der Waals surface area (Å²) in [7, 11) is 1.44. The molecule has 0 atom stereocenters. The SMILES string of the molecule is CCOC(=O)c1c(NC(=O)c2cc3cccc(OC)c3oc2=O)sc(C(=O)Nc2ccc(Cl)cc2)c1C. The number of hydrogen-bond donors (Lipinski definition) is 2. The van der Waals surface area contributed by atoms with Crippen LogP contribution in [0.3, 0.4) is 0 Å². The Morgan fingerprint density at radius 2 is 1.78 bits per heavy atom. The lowest BCUT2D eigenvalue weighted by molar-refractivity contribution is 0.0527. The third-order valence-corrected chi connectivity index (χ3v) is 6.81. The number of thiophene rings is 1. The molecule has 0 fully saturated rings. The molecule has 0 aliphatic rings. The molecule has 9 nitrogen and oxygen atoms in total. The molecule has 0 bridgehead atoms. The number of anilines is 2. The van der Waals surface area contributed by atoms with Gasteiger partial charge in [-0.15, -0.1) is 11.3 Å². The van der Waals surface area contributed by atoms with E-state index in [0.717, 1.165) is 11.3 Å². The molecule has 190 valence electrons. The molecule has 0 spiro atoms. The number of nitrogens with one attached hydrogen (secondary N) is 2. The van der Waals surface area contributed by atoms with E-state index in [-0.39, 0.29) is 33.2 Å². The summed E-state index contributed by atoms with van der Waals surface area (Å²) >= 11 is 6.78. The van der Waals surface area contributed by atoms with Crippen molar-refractivity contribution in [2.45, 2.75) is 13.8 Å². The van der Waals surface area contributed by atoms with Crippen LogP contribution < -0.4 is 21.0 Å². The summed E-state index contributed by atoms with van der Waals surface area (Å²) in [4.78, 5) is 51.7. The summed E-state index contributed by atoms with van der Waals surface area (Å²) in [6.07, 6.45) is 0. The Morgan fingerprint density at radius 3 is 2.46 bits per heavy atom. The highest BCUT2D eigenvalue weighted by Crippen LogP contribution is 2.35. The Kier molecular flexibility index (Phi) is 7.61. The summed E-state index contributed by atoms with van der Waals surface area (Å²) in [5.41, 5.74) is -0.134. The van der Waals surface area contributed by atoms with Gasteiger partial charge in [0.05, 0.1) is 24.2 Å². The number of rotatable bonds is 7. The van der Waals surface area contributed by atoms with Crippen LogP contribution in [0, 0.1) is 6.92 Å². The molecule has 11 heteroatoms. The van der Waals surface area contributed by atoms with Gasteiger partial charge in [0.2, 0.25) is 0 Å². The molecule has 2 N–H and O–H groups in total. The Balaban J connectivity index is 1.70. The Hall–Kier alpha value is -4.15. The van der Waals surface area contributed by atoms with Crippen LogP contribution in [-0.2, 0) is 4.74 Å². The van der Waals surface area contributed by atoms with Gasteiger partial charge in [0, 0.05) is 16.1 Å². The maximum Gasteiger partial charge on any atom is 0.349 e. The van der Waals surface area contributed by atoms with Crippen molar-refractivity contribution in [3.05, 3.63) is 85.5 Å². The molecule has 0 aliphatic carbocycles. The third-order valence-electron chi connectivity index (χ3n) is 5.35. The van der Waals surface area contributed by atoms with E-state index in [2.05, 4.69) is 10.6 Å². The van der Waals surface area contributed by atoms with E-state index in [9.17, 15) is 19.2 Å². The number of ether oxygens (including phenoxy) is 2. The zero-order valence-electron chi connectivity index (χ0n) is 20.0. The fraction of sp³-hybridized carbons (Fsp3) is 0.154. The first-order valence-electron chi connectivity index (χ1n) is 11.0. The van der Waals surface area contributed by atoms with Gasteiger partial charge in [-0.25, -0.2) is 9.59 Å². The maximum absolute atomic E-state index is 13.1. The highest BCUT2D eigenvalue weighted by atomic mass is 35.5. The average Bonchev–Trinajstić information content (AvgIpc) is 3.20. The lowest BCUT2D eigenvalue weighted by Gasteiger charge is -2.08. The van der Waals surface area contributed by atoms with Crippen molar-refractivity contribution in [1.29, 1.82) is 0 Å². The van der Waals surface area contributed by atoms with Gasteiger partial charge in [-0.3, -0.25) is 9.59 Å². The zero-order valence-corrected chi connectivity index (χ0v) is 21.5. The first kappa shape index (κ1) is 25.9. The molecule has 0 radical (unpaired) electrons. The highest BCUT2D eigenvalue weighted by molar-refractivity contribution is 7.19. The zero-order chi connectivity index (χ0) is 26.7. The number of carbonyl (C=O) groups is 3. The third kappa shape index (κ3) is 5.35. The van der Waals surface area contributed by atoms with Gasteiger partial charge >= 0.3 is 11.6 Å². The van der Waals surface area contributed by atoms with E-state index in [1.54, 1.807) is 56.3 Å². The lowest BCUT2D eigenvalue weighted by Crippen LogP contribution is -2.21. The molecule has 0 saturated heterocycles. The largest absolute Gasteiger partial charge is 0.493 e. The predicted molar refractivity (Wildman–Crippen MR) is 141 cm³/mol. The van der Waals surface area contributed by atoms with Gasteiger partial charge in [0.25, 0.3) is 11.8 Å². The van der Waals surface area contributed by atoms with E-state index in [1.165, 1.54) is 13.2 Å². The van der Waals surface area contributed by atoms with Gasteiger partial charge < -0.3 is 24.5 Å². The van der Waals surface area contributed by atoms with Crippen molar-refractivity contribution in [3.8, 4) is 5.75 Å². The predicted octanol–water partition coefficient (Wildman–Crippen LogP) is 5.51. The van der Waals surface area contributed by atoms with Crippen molar-refractivity contribution < 1.29 is 28.3 Å². The van der Waals surface area contributed by atoms with Crippen LogP contribution in [0.5, 0.6) is 5.75 Å². The van der Waals surface area contributed by atoms with Crippen molar-refractivity contribution >= 4 is 62.4 Å². The summed E-state index contributed by atoms with van der Waals surface area (Å²) in [5.74, 6) is -1.67. The van der Waals surface area contributed by atoms with E-state index in [0.29, 0.717) is 27.4 Å². The summed E-state index contributed by atoms with van der Waals surface area (Å²) in [5, 5.41) is 6.36. The number of esters is 1. The topological polar surface area (TPSA) is 124 Å². The number of hydrogen-bond acceptors (Lipinski definition) is 8. The van der Waals surface area contributed by atoms with Crippen LogP contribution in [0.1, 0.15) is 42.9 Å². The smallest absolute Gasteiger partial charge is 0.349 e. The van der Waals surface area contributed by atoms with Crippen molar-refractivity contribution in [2.24, 2.45) is 0 Å². The highest BCUT2D eigenvalue weighted by Gasteiger charge is 2.28. The Labute approximate surface area is 220 Å². The number of amides is 2. The maximum atomic E-state index is 13.1. The van der Waals surface area contributed by atoms with Crippen molar-refractivity contribution in [3.63, 3.8) is 0 Å². The van der Waals surface area contributed by atoms with Crippen LogP contribution in [0.25, 0.3) is 11.0 Å². The fourth-order valence-electron chi connectivity index (χ4n) is 3.60. The second-order valence-electron chi connectivity index (χ2n) is 7.72. The van der Waals surface area contributed by atoms with E-state index in [1.807, 2.05) is 0 Å². The molecule has 2 aromatic heterocycles. The quantitative estimate of drug-likeness (QED) is 0.234. The van der Waals surface area contributed by atoms with Crippen LogP contribution in [0.4, 0.5) is 10.7 Å². The standard InChI is InChI=1S/C26H21ClN2O7S/c1-4-35-26(33)19-13(2)21(23(31)28-16-10-8-15(27)9-11-16)37-24(19)29-22(30)17-12-14-6-5-7-18(34-3)20(14)36-25(17)32/h5-12H,4H2,1-3H3,(H,28,31)(H,29,30). The normalized spacial score (nSPS) is 10.7. The molecule has 37 heavy (non-hydrogen) atoms. The summed E-state index contributed by atoms with van der Waals surface area (Å²) in [6, 6.07) is 12.9. The molecule has 4 aromatic rings. The second kappa shape index (κ2) is 10.9. The summed E-state index contributed by atoms with van der Waals surface area (Å²) < 4.78 is 15.7. The molecule has 0 unspecified atom stereocenters. The van der Waals surface area contributed by atoms with E-state index >= 15 is 0 Å². The first-order chi connectivity index (χ1) is 17.7. The molecular weight excluding hydrogens is 520 g/mol. The van der Waals surface area contributed by atoms with Crippen molar-refractivity contribution in [2.75, 3.05) is 24.4 Å². The van der Waals surface area contributed by atoms with Gasteiger partial charge in [0.15, 0.2) is 11.3 Å². The van der Waals surface area contributed by atoms with Gasteiger partial charge in [-0.1, -0.05) is 23.7 Å². The lowest BCUT2D eigenvalue weighted by atomic mass is 10.1. The molecular formula is C26H21ClN2O7S. The Bertz CT molecular complexity index is 1570. The van der Waals surface area contributed by atoms with Crippen LogP contribution >= 0.6 is 22.9 Å². The van der Waals surface area contributed by atoms with Gasteiger partial charge in [0.1, 0.15) is 10.6 Å². The first-order valence-corrected chi connectivity index (χ1v) is 12.2. The molecule has 2 heterocycles. The van der Waals surface area contributed by atoms with Crippen LogP contribution in [-0.4, -0.2) is 31.5 Å². The van der Waals surface area contributed by atoms with Crippen LogP contribution in [0.2, 0.25) is 5.02 Å². The number of benzene rings is 2. The van der Waals surface area contributed by atoms with Gasteiger partial charge in [-0.2, -0.15) is 0 Å². The van der Waals surface area contributed by atoms with Gasteiger partial charge in [-0.05, 0) is 55.8 Å². The van der Waals surface area contributed by atoms with E-state index in [4.69, 9.17) is 25.5 Å². The van der Waals surface area contributed by atoms with E-state index < -0.39 is 23.4 Å². The monoisotopic (exact) mass is 540 g/mol. The number of methoxy groups -OCH3 is 1. The molecule has 2 aromatic carbocycles. The van der Waals surface area contributed by atoms with Crippen molar-refractivity contribution in [1.82, 2.24) is 0 Å². The number of carbonyl (C=O) groups excluding carboxylic acids is 3. The number of para-hydroxylation sites is 1. The molecule has 2 amide bonds. The Morgan fingerprint density at radius 1 is 1.05 bits per heavy atom. The fourth-order valence-corrected chi connectivity index (χ4v) is 4.81. The number of halogens is 1. The molecule has 0 aliphatic heterocycles. The summed E-state index contributed by atoms with van der Waals surface area (Å²) in [6.45, 7) is 3.30. The molecule has 0 saturated carbocycles. The average molecular weight is 541 g/mol. The van der Waals surface area contributed by atoms with Crippen LogP contribution in [0.15, 0.2) is 57.7 Å².